The maximum atomic E-state index is 3.63. The molecule has 96 valence electrons. The zero-order chi connectivity index (χ0) is 13.1. The number of nitrogens with zero attached hydrogens (tertiary/aromatic N) is 1. The van der Waals surface area contributed by atoms with Gasteiger partial charge in [0.05, 0.1) is 12.2 Å². The van der Waals surface area contributed by atoms with Crippen molar-refractivity contribution in [1.29, 1.82) is 0 Å². The lowest BCUT2D eigenvalue weighted by Gasteiger charge is -2.14. The molecule has 0 fully saturated rings. The number of hydrogen-bond acceptors (Lipinski definition) is 1. The summed E-state index contributed by atoms with van der Waals surface area (Å²) in [5.74, 6) is 0. The smallest absolute Gasteiger partial charge is 0.0553 e. The van der Waals surface area contributed by atoms with Crippen molar-refractivity contribution in [3.05, 3.63) is 51.8 Å². The number of nitrogens with one attached hydrogen (secondary N) is 1. The Balaban J connectivity index is 2.16. The minimum atomic E-state index is 0.851. The SMILES string of the molecule is CCn1cccc1CNc1c(C)cc(C)cc1Br. The number of rotatable bonds is 4. The number of aryl methyl sites for hydroxylation is 3. The predicted octanol–water partition coefficient (Wildman–Crippen LogP) is 4.50. The Morgan fingerprint density at radius 2 is 2.06 bits per heavy atom. The van der Waals surface area contributed by atoms with Crippen molar-refractivity contribution < 1.29 is 0 Å². The van der Waals surface area contributed by atoms with Gasteiger partial charge in [0.2, 0.25) is 0 Å². The number of hydrogen-bond donors (Lipinski definition) is 1. The first-order valence-corrected chi connectivity index (χ1v) is 7.05. The summed E-state index contributed by atoms with van der Waals surface area (Å²) in [5.41, 5.74) is 5.05. The second kappa shape index (κ2) is 5.61. The van der Waals surface area contributed by atoms with Crippen LogP contribution in [0.5, 0.6) is 0 Å². The van der Waals surface area contributed by atoms with Crippen LogP contribution in [0, 0.1) is 13.8 Å². The summed E-state index contributed by atoms with van der Waals surface area (Å²) in [6.07, 6.45) is 2.12. The Bertz CT molecular complexity index is 520. The molecule has 1 heterocycles. The monoisotopic (exact) mass is 306 g/mol. The molecule has 2 nitrogen and oxygen atoms in total. The second-order valence-electron chi connectivity index (χ2n) is 4.58. The fraction of sp³-hybridized carbons (Fsp3) is 0.333. The molecule has 0 aliphatic carbocycles. The molecule has 0 radical (unpaired) electrons. The highest BCUT2D eigenvalue weighted by atomic mass is 79.9. The third kappa shape index (κ3) is 2.78. The summed E-state index contributed by atoms with van der Waals surface area (Å²) >= 11 is 3.63. The van der Waals surface area contributed by atoms with Crippen molar-refractivity contribution in [2.24, 2.45) is 0 Å². The van der Waals surface area contributed by atoms with Gasteiger partial charge in [-0.3, -0.25) is 0 Å². The highest BCUT2D eigenvalue weighted by Crippen LogP contribution is 2.28. The number of benzene rings is 1. The van der Waals surface area contributed by atoms with Gasteiger partial charge in [-0.05, 0) is 66.0 Å². The Morgan fingerprint density at radius 1 is 1.28 bits per heavy atom. The van der Waals surface area contributed by atoms with E-state index in [1.807, 2.05) is 0 Å². The van der Waals surface area contributed by atoms with Crippen LogP contribution in [0.25, 0.3) is 0 Å². The maximum absolute atomic E-state index is 3.63. The van der Waals surface area contributed by atoms with Crippen molar-refractivity contribution in [2.45, 2.75) is 33.9 Å². The quantitative estimate of drug-likeness (QED) is 0.880. The Kier molecular flexibility index (Phi) is 4.12. The standard InChI is InChI=1S/C15H19BrN2/c1-4-18-7-5-6-13(18)10-17-15-12(3)8-11(2)9-14(15)16/h5-9,17H,4,10H2,1-3H3. The Morgan fingerprint density at radius 3 is 2.72 bits per heavy atom. The third-order valence-electron chi connectivity index (χ3n) is 3.14. The lowest BCUT2D eigenvalue weighted by molar-refractivity contribution is 0.724. The van der Waals surface area contributed by atoms with Crippen LogP contribution in [0.1, 0.15) is 23.7 Å². The number of halogens is 1. The molecule has 0 spiro atoms. The van der Waals surface area contributed by atoms with Gasteiger partial charge in [0.25, 0.3) is 0 Å². The van der Waals surface area contributed by atoms with Gasteiger partial charge in [-0.15, -0.1) is 0 Å². The van der Waals surface area contributed by atoms with Crippen LogP contribution >= 0.6 is 15.9 Å². The highest BCUT2D eigenvalue weighted by Gasteiger charge is 2.06. The van der Waals surface area contributed by atoms with Crippen molar-refractivity contribution in [3.63, 3.8) is 0 Å². The average Bonchev–Trinajstić information content (AvgIpc) is 2.75. The second-order valence-corrected chi connectivity index (χ2v) is 5.43. The molecule has 2 rings (SSSR count). The van der Waals surface area contributed by atoms with Crippen molar-refractivity contribution in [3.8, 4) is 0 Å². The van der Waals surface area contributed by atoms with E-state index in [0.717, 1.165) is 17.6 Å². The largest absolute Gasteiger partial charge is 0.378 e. The molecule has 2 aromatic rings. The maximum Gasteiger partial charge on any atom is 0.0553 e. The number of anilines is 1. The van der Waals surface area contributed by atoms with Crippen molar-refractivity contribution in [2.75, 3.05) is 5.32 Å². The van der Waals surface area contributed by atoms with Gasteiger partial charge >= 0.3 is 0 Å². The summed E-state index contributed by atoms with van der Waals surface area (Å²) in [6.45, 7) is 8.28. The van der Waals surface area contributed by atoms with Crippen LogP contribution in [0.15, 0.2) is 34.9 Å². The topological polar surface area (TPSA) is 17.0 Å². The van der Waals surface area contributed by atoms with Crippen LogP contribution < -0.4 is 5.32 Å². The minimum absolute atomic E-state index is 0.851. The molecule has 3 heteroatoms. The van der Waals surface area contributed by atoms with Gasteiger partial charge in [-0.2, -0.15) is 0 Å². The van der Waals surface area contributed by atoms with Gasteiger partial charge < -0.3 is 9.88 Å². The van der Waals surface area contributed by atoms with Crippen LogP contribution in [-0.2, 0) is 13.1 Å². The highest BCUT2D eigenvalue weighted by molar-refractivity contribution is 9.10. The summed E-state index contributed by atoms with van der Waals surface area (Å²) < 4.78 is 3.39. The molecule has 0 atom stereocenters. The summed E-state index contributed by atoms with van der Waals surface area (Å²) in [5, 5.41) is 3.52. The molecule has 0 bridgehead atoms. The molecular weight excluding hydrogens is 288 g/mol. The molecular formula is C15H19BrN2. The lowest BCUT2D eigenvalue weighted by Crippen LogP contribution is -2.07. The van der Waals surface area contributed by atoms with Crippen LogP contribution in [-0.4, -0.2) is 4.57 Å². The van der Waals surface area contributed by atoms with Gasteiger partial charge in [0.1, 0.15) is 0 Å². The molecule has 0 saturated carbocycles. The van der Waals surface area contributed by atoms with E-state index in [1.165, 1.54) is 22.5 Å². The molecule has 0 saturated heterocycles. The predicted molar refractivity (Wildman–Crippen MR) is 81.0 cm³/mol. The molecule has 1 aromatic heterocycles. The number of aromatic nitrogens is 1. The molecule has 0 aliphatic heterocycles. The first kappa shape index (κ1) is 13.2. The summed E-state index contributed by atoms with van der Waals surface area (Å²) in [4.78, 5) is 0. The van der Waals surface area contributed by atoms with Gasteiger partial charge in [0.15, 0.2) is 0 Å². The van der Waals surface area contributed by atoms with Crippen molar-refractivity contribution >= 4 is 21.6 Å². The zero-order valence-electron chi connectivity index (χ0n) is 11.1. The van der Waals surface area contributed by atoms with Crippen LogP contribution in [0.3, 0.4) is 0 Å². The van der Waals surface area contributed by atoms with E-state index in [9.17, 15) is 0 Å². The van der Waals surface area contributed by atoms with E-state index in [2.05, 4.69) is 77.0 Å². The summed E-state index contributed by atoms with van der Waals surface area (Å²) in [6, 6.07) is 8.60. The minimum Gasteiger partial charge on any atom is -0.378 e. The molecule has 0 amide bonds. The molecule has 1 N–H and O–H groups in total. The molecule has 1 aromatic carbocycles. The van der Waals surface area contributed by atoms with E-state index in [-0.39, 0.29) is 0 Å². The Labute approximate surface area is 117 Å². The summed E-state index contributed by atoms with van der Waals surface area (Å²) in [7, 11) is 0. The van der Waals surface area contributed by atoms with Crippen molar-refractivity contribution in [1.82, 2.24) is 4.57 Å². The first-order valence-electron chi connectivity index (χ1n) is 6.26. The average molecular weight is 307 g/mol. The fourth-order valence-corrected chi connectivity index (χ4v) is 3.05. The third-order valence-corrected chi connectivity index (χ3v) is 3.77. The normalized spacial score (nSPS) is 10.7. The van der Waals surface area contributed by atoms with E-state index in [4.69, 9.17) is 0 Å². The zero-order valence-corrected chi connectivity index (χ0v) is 12.7. The fourth-order valence-electron chi connectivity index (χ4n) is 2.24. The Hall–Kier alpha value is -1.22. The van der Waals surface area contributed by atoms with Crippen LogP contribution in [0.2, 0.25) is 0 Å². The van der Waals surface area contributed by atoms with Crippen LogP contribution in [0.4, 0.5) is 5.69 Å². The van der Waals surface area contributed by atoms with E-state index >= 15 is 0 Å². The van der Waals surface area contributed by atoms with Gasteiger partial charge in [0, 0.05) is 22.9 Å². The van der Waals surface area contributed by atoms with E-state index in [1.54, 1.807) is 0 Å². The lowest BCUT2D eigenvalue weighted by atomic mass is 10.1. The van der Waals surface area contributed by atoms with E-state index < -0.39 is 0 Å². The first-order chi connectivity index (χ1) is 8.61. The molecule has 0 aliphatic rings. The molecule has 18 heavy (non-hydrogen) atoms. The van der Waals surface area contributed by atoms with E-state index in [0.29, 0.717) is 0 Å². The van der Waals surface area contributed by atoms with Gasteiger partial charge in [-0.25, -0.2) is 0 Å². The molecule has 0 unspecified atom stereocenters. The van der Waals surface area contributed by atoms with Gasteiger partial charge in [-0.1, -0.05) is 6.07 Å².